The molecule has 0 aromatic heterocycles. The highest BCUT2D eigenvalue weighted by Gasteiger charge is 2.18. The number of hydrogen-bond donors (Lipinski definition) is 1. The topological polar surface area (TPSA) is 49.4 Å². The van der Waals surface area contributed by atoms with E-state index in [0.717, 1.165) is 18.8 Å². The predicted molar refractivity (Wildman–Crippen MR) is 78.5 cm³/mol. The van der Waals surface area contributed by atoms with Gasteiger partial charge in [0.1, 0.15) is 0 Å². The highest BCUT2D eigenvalue weighted by atomic mass is 32.2. The van der Waals surface area contributed by atoms with Gasteiger partial charge in [-0.3, -0.25) is 0 Å². The maximum absolute atomic E-state index is 11.8. The van der Waals surface area contributed by atoms with E-state index in [4.69, 9.17) is 0 Å². The highest BCUT2D eigenvalue weighted by molar-refractivity contribution is 7.91. The second-order valence-electron chi connectivity index (χ2n) is 5.01. The minimum absolute atomic E-state index is 0.148. The smallest absolute Gasteiger partial charge is 0.178 e. The quantitative estimate of drug-likeness (QED) is 0.912. The fourth-order valence-electron chi connectivity index (χ4n) is 2.43. The summed E-state index contributed by atoms with van der Waals surface area (Å²) < 4.78 is 23.5. The number of benzene rings is 1. The minimum atomic E-state index is -3.10. The first kappa shape index (κ1) is 14.3. The van der Waals surface area contributed by atoms with Crippen molar-refractivity contribution in [1.82, 2.24) is 5.32 Å². The number of nitrogens with one attached hydrogen (secondary N) is 1. The molecule has 4 nitrogen and oxygen atoms in total. The van der Waals surface area contributed by atoms with Crippen molar-refractivity contribution in [2.24, 2.45) is 0 Å². The molecule has 2 rings (SSSR count). The second kappa shape index (κ2) is 5.92. The zero-order chi connectivity index (χ0) is 13.9. The number of piperidine rings is 1. The Balaban J connectivity index is 2.13. The Labute approximate surface area is 115 Å². The van der Waals surface area contributed by atoms with Gasteiger partial charge in [-0.25, -0.2) is 8.42 Å². The maximum atomic E-state index is 11.8. The van der Waals surface area contributed by atoms with Crippen molar-refractivity contribution in [1.29, 1.82) is 0 Å². The summed E-state index contributed by atoms with van der Waals surface area (Å²) in [5.41, 5.74) is 1.07. The van der Waals surface area contributed by atoms with Crippen LogP contribution in [0.15, 0.2) is 29.2 Å². The van der Waals surface area contributed by atoms with Crippen LogP contribution in [0.3, 0.4) is 0 Å². The molecule has 1 heterocycles. The molecular weight excluding hydrogens is 260 g/mol. The van der Waals surface area contributed by atoms with Gasteiger partial charge in [-0.05, 0) is 43.7 Å². The molecule has 0 amide bonds. The van der Waals surface area contributed by atoms with E-state index in [0.29, 0.717) is 10.9 Å². The zero-order valence-corrected chi connectivity index (χ0v) is 12.4. The summed E-state index contributed by atoms with van der Waals surface area (Å²) in [4.78, 5) is 2.64. The normalized spacial score (nSPS) is 20.2. The molecule has 1 aliphatic heterocycles. The number of hydrogen-bond acceptors (Lipinski definition) is 4. The molecule has 0 radical (unpaired) electrons. The van der Waals surface area contributed by atoms with E-state index in [1.54, 1.807) is 19.1 Å². The molecule has 1 fully saturated rings. The van der Waals surface area contributed by atoms with Crippen LogP contribution in [-0.4, -0.2) is 40.3 Å². The van der Waals surface area contributed by atoms with Gasteiger partial charge < -0.3 is 10.2 Å². The number of rotatable bonds is 4. The van der Waals surface area contributed by atoms with Crippen molar-refractivity contribution in [3.05, 3.63) is 24.3 Å². The monoisotopic (exact) mass is 282 g/mol. The van der Waals surface area contributed by atoms with Gasteiger partial charge >= 0.3 is 0 Å². The Kier molecular flexibility index (Phi) is 4.47. The van der Waals surface area contributed by atoms with Crippen LogP contribution in [0.2, 0.25) is 0 Å². The van der Waals surface area contributed by atoms with Gasteiger partial charge in [0.25, 0.3) is 0 Å². The van der Waals surface area contributed by atoms with Crippen LogP contribution < -0.4 is 10.2 Å². The first-order chi connectivity index (χ1) is 9.04. The fraction of sp³-hybridized carbons (Fsp3) is 0.571. The largest absolute Gasteiger partial charge is 0.370 e. The molecule has 1 aliphatic rings. The molecular formula is C14H22N2O2S. The van der Waals surface area contributed by atoms with Gasteiger partial charge in [-0.1, -0.05) is 6.92 Å². The standard InChI is InChI=1S/C14H22N2O2S/c1-3-19(17,18)14-8-6-12(7-9-14)16(2)13-5-4-10-15-11-13/h6-9,13,15H,3-5,10-11H2,1-2H3. The van der Waals surface area contributed by atoms with Crippen LogP contribution in [-0.2, 0) is 9.84 Å². The second-order valence-corrected chi connectivity index (χ2v) is 7.29. The number of anilines is 1. The SMILES string of the molecule is CCS(=O)(=O)c1ccc(N(C)C2CCCNC2)cc1. The van der Waals surface area contributed by atoms with Gasteiger partial charge in [0, 0.05) is 25.3 Å². The van der Waals surface area contributed by atoms with E-state index >= 15 is 0 Å². The molecule has 0 bridgehead atoms. The average Bonchev–Trinajstić information content (AvgIpc) is 2.47. The van der Waals surface area contributed by atoms with E-state index in [1.807, 2.05) is 12.1 Å². The van der Waals surface area contributed by atoms with Gasteiger partial charge in [-0.15, -0.1) is 0 Å². The summed E-state index contributed by atoms with van der Waals surface area (Å²) in [5.74, 6) is 0.148. The van der Waals surface area contributed by atoms with Crippen LogP contribution in [0.25, 0.3) is 0 Å². The van der Waals surface area contributed by atoms with E-state index in [2.05, 4.69) is 17.3 Å². The lowest BCUT2D eigenvalue weighted by Gasteiger charge is -2.33. The van der Waals surface area contributed by atoms with E-state index in [9.17, 15) is 8.42 Å². The lowest BCUT2D eigenvalue weighted by molar-refractivity contribution is 0.445. The van der Waals surface area contributed by atoms with Crippen LogP contribution in [0, 0.1) is 0 Å². The number of sulfone groups is 1. The summed E-state index contributed by atoms with van der Waals surface area (Å²) in [6.45, 7) is 3.76. The summed E-state index contributed by atoms with van der Waals surface area (Å²) in [6.07, 6.45) is 2.37. The van der Waals surface area contributed by atoms with E-state index in [1.165, 1.54) is 12.8 Å². The van der Waals surface area contributed by atoms with Crippen LogP contribution in [0.5, 0.6) is 0 Å². The van der Waals surface area contributed by atoms with Gasteiger partial charge in [-0.2, -0.15) is 0 Å². The fourth-order valence-corrected chi connectivity index (χ4v) is 3.31. The third kappa shape index (κ3) is 3.28. The molecule has 0 spiro atoms. The summed E-state index contributed by atoms with van der Waals surface area (Å²) >= 11 is 0. The Morgan fingerprint density at radius 1 is 1.32 bits per heavy atom. The number of nitrogens with zero attached hydrogens (tertiary/aromatic N) is 1. The zero-order valence-electron chi connectivity index (χ0n) is 11.6. The molecule has 1 saturated heterocycles. The van der Waals surface area contributed by atoms with Crippen molar-refractivity contribution in [3.8, 4) is 0 Å². The van der Waals surface area contributed by atoms with E-state index in [-0.39, 0.29) is 5.75 Å². The third-order valence-corrected chi connectivity index (χ3v) is 5.55. The number of likely N-dealkylation sites (N-methyl/N-ethyl adjacent to an activating group) is 1. The predicted octanol–water partition coefficient (Wildman–Crippen LogP) is 1.67. The molecule has 1 N–H and O–H groups in total. The summed E-state index contributed by atoms with van der Waals surface area (Å²) in [7, 11) is -1.03. The van der Waals surface area contributed by atoms with Crippen molar-refractivity contribution >= 4 is 15.5 Å². The summed E-state index contributed by atoms with van der Waals surface area (Å²) in [5, 5.41) is 3.39. The maximum Gasteiger partial charge on any atom is 0.178 e. The molecule has 19 heavy (non-hydrogen) atoms. The van der Waals surface area contributed by atoms with Crippen molar-refractivity contribution in [2.75, 3.05) is 30.8 Å². The average molecular weight is 282 g/mol. The van der Waals surface area contributed by atoms with Crippen LogP contribution in [0.1, 0.15) is 19.8 Å². The molecule has 0 saturated carbocycles. The molecule has 1 aromatic rings. The lowest BCUT2D eigenvalue weighted by atomic mass is 10.1. The first-order valence-electron chi connectivity index (χ1n) is 6.81. The Bertz CT molecular complexity index is 505. The highest BCUT2D eigenvalue weighted by Crippen LogP contribution is 2.21. The molecule has 0 aliphatic carbocycles. The van der Waals surface area contributed by atoms with Crippen LogP contribution in [0.4, 0.5) is 5.69 Å². The Morgan fingerprint density at radius 3 is 2.53 bits per heavy atom. The van der Waals surface area contributed by atoms with E-state index < -0.39 is 9.84 Å². The van der Waals surface area contributed by atoms with Gasteiger partial charge in [0.15, 0.2) is 9.84 Å². The van der Waals surface area contributed by atoms with Gasteiger partial charge in [0.05, 0.1) is 10.6 Å². The summed E-state index contributed by atoms with van der Waals surface area (Å²) in [6, 6.07) is 7.71. The first-order valence-corrected chi connectivity index (χ1v) is 8.46. The third-order valence-electron chi connectivity index (χ3n) is 3.80. The molecule has 5 heteroatoms. The molecule has 106 valence electrons. The van der Waals surface area contributed by atoms with Crippen LogP contribution >= 0.6 is 0 Å². The Morgan fingerprint density at radius 2 is 2.00 bits per heavy atom. The Hall–Kier alpha value is -1.07. The van der Waals surface area contributed by atoms with Crippen molar-refractivity contribution < 1.29 is 8.42 Å². The minimum Gasteiger partial charge on any atom is -0.370 e. The van der Waals surface area contributed by atoms with Crippen molar-refractivity contribution in [2.45, 2.75) is 30.7 Å². The molecule has 1 aromatic carbocycles. The van der Waals surface area contributed by atoms with Crippen molar-refractivity contribution in [3.63, 3.8) is 0 Å². The lowest BCUT2D eigenvalue weighted by Crippen LogP contribution is -2.44. The molecule has 1 atom stereocenters. The van der Waals surface area contributed by atoms with Gasteiger partial charge in [0.2, 0.25) is 0 Å². The molecule has 1 unspecified atom stereocenters.